The molecule has 1 N–H and O–H groups in total. The average molecular weight is 336 g/mol. The molecular formula is C18H16N4O3. The first kappa shape index (κ1) is 15.2. The summed E-state index contributed by atoms with van der Waals surface area (Å²) in [6, 6.07) is 9.24. The number of ether oxygens (including phenoxy) is 2. The Morgan fingerprint density at radius 3 is 2.88 bits per heavy atom. The monoisotopic (exact) mass is 336 g/mol. The van der Waals surface area contributed by atoms with E-state index >= 15 is 0 Å². The predicted molar refractivity (Wildman–Crippen MR) is 94.7 cm³/mol. The van der Waals surface area contributed by atoms with Crippen LogP contribution in [0, 0.1) is 0 Å². The van der Waals surface area contributed by atoms with E-state index in [0.717, 1.165) is 10.9 Å². The number of pyridine rings is 2. The van der Waals surface area contributed by atoms with E-state index in [1.165, 1.54) is 0 Å². The number of hydrogen-bond donors (Lipinski definition) is 1. The van der Waals surface area contributed by atoms with Crippen molar-refractivity contribution in [2.75, 3.05) is 13.7 Å². The van der Waals surface area contributed by atoms with E-state index in [1.807, 2.05) is 31.2 Å². The van der Waals surface area contributed by atoms with Gasteiger partial charge in [-0.15, -0.1) is 0 Å². The van der Waals surface area contributed by atoms with Gasteiger partial charge in [0.15, 0.2) is 5.65 Å². The van der Waals surface area contributed by atoms with Crippen LogP contribution in [0.15, 0.2) is 47.5 Å². The van der Waals surface area contributed by atoms with E-state index in [9.17, 15) is 4.79 Å². The highest BCUT2D eigenvalue weighted by Crippen LogP contribution is 2.26. The van der Waals surface area contributed by atoms with Crippen LogP contribution in [0.5, 0.6) is 11.5 Å². The molecule has 0 unspecified atom stereocenters. The summed E-state index contributed by atoms with van der Waals surface area (Å²) in [5.41, 5.74) is 2.35. The Morgan fingerprint density at radius 1 is 1.20 bits per heavy atom. The highest BCUT2D eigenvalue weighted by Gasteiger charge is 2.15. The van der Waals surface area contributed by atoms with Gasteiger partial charge in [-0.2, -0.15) is 0 Å². The minimum Gasteiger partial charge on any atom is -0.495 e. The van der Waals surface area contributed by atoms with Crippen molar-refractivity contribution in [1.29, 1.82) is 0 Å². The second-order valence-corrected chi connectivity index (χ2v) is 5.46. The van der Waals surface area contributed by atoms with Crippen LogP contribution in [0.4, 0.5) is 0 Å². The molecule has 0 amide bonds. The molecule has 0 fully saturated rings. The SMILES string of the molecule is CCOc1ccnc2[nH]c(=O)n(-c3ccc4ncc(OC)cc4c3)c12. The van der Waals surface area contributed by atoms with E-state index in [0.29, 0.717) is 35.0 Å². The van der Waals surface area contributed by atoms with Gasteiger partial charge in [0.1, 0.15) is 17.0 Å². The van der Waals surface area contributed by atoms with E-state index in [1.54, 1.807) is 30.1 Å². The molecule has 0 spiro atoms. The summed E-state index contributed by atoms with van der Waals surface area (Å²) in [4.78, 5) is 23.9. The third-order valence-corrected chi connectivity index (χ3v) is 3.97. The zero-order valence-electron chi connectivity index (χ0n) is 13.8. The topological polar surface area (TPSA) is 82.0 Å². The highest BCUT2D eigenvalue weighted by atomic mass is 16.5. The van der Waals surface area contributed by atoms with Gasteiger partial charge in [0.2, 0.25) is 0 Å². The lowest BCUT2D eigenvalue weighted by atomic mass is 10.2. The Bertz CT molecular complexity index is 1130. The first-order chi connectivity index (χ1) is 12.2. The largest absolute Gasteiger partial charge is 0.495 e. The van der Waals surface area contributed by atoms with Crippen LogP contribution >= 0.6 is 0 Å². The number of imidazole rings is 1. The maximum absolute atomic E-state index is 12.5. The van der Waals surface area contributed by atoms with Crippen molar-refractivity contribution in [3.63, 3.8) is 0 Å². The highest BCUT2D eigenvalue weighted by molar-refractivity contribution is 5.85. The van der Waals surface area contributed by atoms with Crippen molar-refractivity contribution in [3.05, 3.63) is 53.2 Å². The molecule has 0 bridgehead atoms. The van der Waals surface area contributed by atoms with Gasteiger partial charge < -0.3 is 9.47 Å². The van der Waals surface area contributed by atoms with Crippen LogP contribution in [0.3, 0.4) is 0 Å². The molecule has 0 atom stereocenters. The fraction of sp³-hybridized carbons (Fsp3) is 0.167. The quantitative estimate of drug-likeness (QED) is 0.619. The normalized spacial score (nSPS) is 11.1. The van der Waals surface area contributed by atoms with Crippen LogP contribution in [0.1, 0.15) is 6.92 Å². The van der Waals surface area contributed by atoms with Crippen molar-refractivity contribution in [2.45, 2.75) is 6.92 Å². The summed E-state index contributed by atoms with van der Waals surface area (Å²) < 4.78 is 12.5. The number of fused-ring (bicyclic) bond motifs is 2. The molecule has 3 aromatic heterocycles. The fourth-order valence-electron chi connectivity index (χ4n) is 2.87. The first-order valence-corrected chi connectivity index (χ1v) is 7.88. The van der Waals surface area contributed by atoms with Gasteiger partial charge in [0.05, 0.1) is 31.1 Å². The first-order valence-electron chi connectivity index (χ1n) is 7.88. The van der Waals surface area contributed by atoms with Gasteiger partial charge in [-0.3, -0.25) is 14.5 Å². The van der Waals surface area contributed by atoms with Crippen LogP contribution in [-0.4, -0.2) is 33.2 Å². The Morgan fingerprint density at radius 2 is 2.08 bits per heavy atom. The van der Waals surface area contributed by atoms with Crippen molar-refractivity contribution >= 4 is 22.1 Å². The number of methoxy groups -OCH3 is 1. The second-order valence-electron chi connectivity index (χ2n) is 5.46. The maximum atomic E-state index is 12.5. The van der Waals surface area contributed by atoms with E-state index in [2.05, 4.69) is 15.0 Å². The van der Waals surface area contributed by atoms with Gasteiger partial charge in [0, 0.05) is 17.6 Å². The average Bonchev–Trinajstić information content (AvgIpc) is 2.98. The zero-order valence-corrected chi connectivity index (χ0v) is 13.8. The summed E-state index contributed by atoms with van der Waals surface area (Å²) >= 11 is 0. The molecule has 126 valence electrons. The fourth-order valence-corrected chi connectivity index (χ4v) is 2.87. The molecule has 0 radical (unpaired) electrons. The van der Waals surface area contributed by atoms with Crippen LogP contribution < -0.4 is 15.2 Å². The number of aromatic amines is 1. The van der Waals surface area contributed by atoms with Gasteiger partial charge in [-0.1, -0.05) is 0 Å². The van der Waals surface area contributed by atoms with Crippen molar-refractivity contribution < 1.29 is 9.47 Å². The van der Waals surface area contributed by atoms with Gasteiger partial charge in [0.25, 0.3) is 0 Å². The molecule has 0 saturated heterocycles. The van der Waals surface area contributed by atoms with E-state index in [-0.39, 0.29) is 5.69 Å². The lowest BCUT2D eigenvalue weighted by molar-refractivity contribution is 0.343. The Labute approximate surface area is 142 Å². The molecular weight excluding hydrogens is 320 g/mol. The lowest BCUT2D eigenvalue weighted by Gasteiger charge is -2.09. The summed E-state index contributed by atoms with van der Waals surface area (Å²) in [6.45, 7) is 2.40. The van der Waals surface area contributed by atoms with Crippen molar-refractivity contribution in [2.24, 2.45) is 0 Å². The molecule has 0 saturated carbocycles. The predicted octanol–water partition coefficient (Wildman–Crippen LogP) is 2.67. The molecule has 0 aliphatic carbocycles. The Balaban J connectivity index is 1.99. The summed E-state index contributed by atoms with van der Waals surface area (Å²) in [7, 11) is 1.59. The third-order valence-electron chi connectivity index (χ3n) is 3.97. The van der Waals surface area contributed by atoms with Gasteiger partial charge >= 0.3 is 5.69 Å². The summed E-state index contributed by atoms with van der Waals surface area (Å²) in [5.74, 6) is 1.27. The minimum absolute atomic E-state index is 0.273. The van der Waals surface area contributed by atoms with Crippen LogP contribution in [-0.2, 0) is 0 Å². The zero-order chi connectivity index (χ0) is 17.4. The van der Waals surface area contributed by atoms with Gasteiger partial charge in [-0.25, -0.2) is 9.78 Å². The standard InChI is InChI=1S/C18H16N4O3/c1-3-25-15-6-7-19-17-16(15)22(18(23)21-17)12-4-5-14-11(8-12)9-13(24-2)10-20-14/h4-10H,3H2,1-2H3,(H,19,21,23). The second kappa shape index (κ2) is 5.94. The molecule has 7 heteroatoms. The number of benzene rings is 1. The maximum Gasteiger partial charge on any atom is 0.332 e. The molecule has 25 heavy (non-hydrogen) atoms. The number of aromatic nitrogens is 4. The van der Waals surface area contributed by atoms with Crippen LogP contribution in [0.2, 0.25) is 0 Å². The van der Waals surface area contributed by atoms with E-state index in [4.69, 9.17) is 9.47 Å². The summed E-state index contributed by atoms with van der Waals surface area (Å²) in [5, 5.41) is 0.875. The molecule has 0 aliphatic rings. The lowest BCUT2D eigenvalue weighted by Crippen LogP contribution is -2.14. The molecule has 3 heterocycles. The Kier molecular flexibility index (Phi) is 3.61. The molecule has 1 aromatic carbocycles. The van der Waals surface area contributed by atoms with Crippen molar-refractivity contribution in [3.8, 4) is 17.2 Å². The summed E-state index contributed by atoms with van der Waals surface area (Å²) in [6.07, 6.45) is 3.28. The molecule has 0 aliphatic heterocycles. The minimum atomic E-state index is -0.273. The molecule has 4 rings (SSSR count). The number of rotatable bonds is 4. The van der Waals surface area contributed by atoms with Crippen molar-refractivity contribution in [1.82, 2.24) is 19.5 Å². The van der Waals surface area contributed by atoms with Crippen LogP contribution in [0.25, 0.3) is 27.8 Å². The smallest absolute Gasteiger partial charge is 0.332 e. The molecule has 4 aromatic rings. The molecule has 7 nitrogen and oxygen atoms in total. The van der Waals surface area contributed by atoms with E-state index < -0.39 is 0 Å². The number of hydrogen-bond acceptors (Lipinski definition) is 5. The number of nitrogens with one attached hydrogen (secondary N) is 1. The number of H-pyrrole nitrogens is 1. The Hall–Kier alpha value is -3.35. The number of nitrogens with zero attached hydrogens (tertiary/aromatic N) is 3. The van der Waals surface area contributed by atoms with Gasteiger partial charge in [-0.05, 0) is 31.2 Å². The third kappa shape index (κ3) is 2.50.